The van der Waals surface area contributed by atoms with E-state index in [1.807, 2.05) is 0 Å². The van der Waals surface area contributed by atoms with Crippen LogP contribution in [0.1, 0.15) is 19.3 Å². The number of halogens is 3. The van der Waals surface area contributed by atoms with Gasteiger partial charge in [0.25, 0.3) is 0 Å². The molecule has 0 bridgehead atoms. The Morgan fingerprint density at radius 1 is 1.38 bits per heavy atom. The largest absolute Gasteiger partial charge is 0.471 e. The third-order valence-corrected chi connectivity index (χ3v) is 2.67. The molecule has 1 heterocycles. The number of alkyl halides is 3. The van der Waals surface area contributed by atoms with Crippen molar-refractivity contribution in [1.82, 2.24) is 10.6 Å². The van der Waals surface area contributed by atoms with E-state index in [1.165, 1.54) is 0 Å². The smallest absolute Gasteiger partial charge is 0.390 e. The molecule has 0 atom stereocenters. The summed E-state index contributed by atoms with van der Waals surface area (Å²) in [5.41, 5.74) is -0.954. The van der Waals surface area contributed by atoms with Gasteiger partial charge < -0.3 is 15.7 Å². The molecule has 3 N–H and O–H groups in total. The van der Waals surface area contributed by atoms with Crippen molar-refractivity contribution in [3.63, 3.8) is 0 Å². The number of rotatable bonds is 3. The molecule has 1 saturated heterocycles. The molecule has 7 heteroatoms. The molecular formula is C9H15F3N2O2. The molecule has 0 aromatic carbocycles. The van der Waals surface area contributed by atoms with Gasteiger partial charge >= 0.3 is 12.1 Å². The Hall–Kier alpha value is -0.820. The van der Waals surface area contributed by atoms with Crippen LogP contribution in [-0.4, -0.2) is 42.4 Å². The van der Waals surface area contributed by atoms with Crippen LogP contribution in [0.4, 0.5) is 13.2 Å². The highest BCUT2D eigenvalue weighted by atomic mass is 19.4. The summed E-state index contributed by atoms with van der Waals surface area (Å²) >= 11 is 0. The molecule has 0 aromatic rings. The van der Waals surface area contributed by atoms with Gasteiger partial charge in [-0.1, -0.05) is 0 Å². The van der Waals surface area contributed by atoms with E-state index in [1.54, 1.807) is 5.32 Å². The van der Waals surface area contributed by atoms with Crippen molar-refractivity contribution in [3.8, 4) is 0 Å². The lowest BCUT2D eigenvalue weighted by Gasteiger charge is -2.32. The lowest BCUT2D eigenvalue weighted by Crippen LogP contribution is -2.45. The Labute approximate surface area is 91.2 Å². The highest BCUT2D eigenvalue weighted by Gasteiger charge is 2.38. The predicted molar refractivity (Wildman–Crippen MR) is 50.7 cm³/mol. The second kappa shape index (κ2) is 5.01. The summed E-state index contributed by atoms with van der Waals surface area (Å²) in [6.45, 7) is 1.13. The molecule has 4 nitrogen and oxygen atoms in total. The van der Waals surface area contributed by atoms with E-state index in [9.17, 15) is 23.1 Å². The number of nitrogens with one attached hydrogen (secondary N) is 2. The van der Waals surface area contributed by atoms with Crippen molar-refractivity contribution in [2.75, 3.05) is 19.6 Å². The minimum Gasteiger partial charge on any atom is -0.390 e. The number of carbonyl (C=O) groups is 1. The second-order valence-electron chi connectivity index (χ2n) is 3.98. The second-order valence-corrected chi connectivity index (χ2v) is 3.98. The summed E-state index contributed by atoms with van der Waals surface area (Å²) in [4.78, 5) is 10.5. The molecule has 0 radical (unpaired) electrons. The minimum absolute atomic E-state index is 0.149. The Kier molecular flexibility index (Phi) is 4.15. The number of carbonyl (C=O) groups excluding carboxylic acids is 1. The summed E-state index contributed by atoms with van der Waals surface area (Å²) in [6.07, 6.45) is -3.71. The SMILES string of the molecule is O=C(NCCC1(O)CCNCC1)C(F)(F)F. The Balaban J connectivity index is 2.27. The molecule has 0 saturated carbocycles. The standard InChI is InChI=1S/C9H15F3N2O2/c10-9(11,12)7(15)14-6-3-8(16)1-4-13-5-2-8/h13,16H,1-6H2,(H,14,15). The molecule has 1 aliphatic rings. The summed E-state index contributed by atoms with van der Waals surface area (Å²) in [5.74, 6) is -1.95. The van der Waals surface area contributed by atoms with Crippen molar-refractivity contribution in [3.05, 3.63) is 0 Å². The van der Waals surface area contributed by atoms with Crippen LogP contribution in [-0.2, 0) is 4.79 Å². The zero-order valence-electron chi connectivity index (χ0n) is 8.73. The summed E-state index contributed by atoms with van der Waals surface area (Å²) in [7, 11) is 0. The molecule has 1 amide bonds. The van der Waals surface area contributed by atoms with Crippen molar-refractivity contribution in [2.24, 2.45) is 0 Å². The normalized spacial score (nSPS) is 20.5. The first kappa shape index (κ1) is 13.2. The maximum atomic E-state index is 11.8. The van der Waals surface area contributed by atoms with Crippen molar-refractivity contribution in [2.45, 2.75) is 31.0 Å². The van der Waals surface area contributed by atoms with Crippen LogP contribution in [0.2, 0.25) is 0 Å². The van der Waals surface area contributed by atoms with E-state index in [4.69, 9.17) is 0 Å². The molecule has 1 rings (SSSR count). The number of hydrogen-bond acceptors (Lipinski definition) is 3. The quantitative estimate of drug-likeness (QED) is 0.659. The first-order chi connectivity index (χ1) is 7.33. The molecule has 1 aliphatic heterocycles. The Morgan fingerprint density at radius 2 is 1.94 bits per heavy atom. The van der Waals surface area contributed by atoms with Gasteiger partial charge in [0, 0.05) is 6.54 Å². The van der Waals surface area contributed by atoms with Gasteiger partial charge in [0.2, 0.25) is 0 Å². The highest BCUT2D eigenvalue weighted by molar-refractivity contribution is 5.81. The fraction of sp³-hybridized carbons (Fsp3) is 0.889. The Morgan fingerprint density at radius 3 is 2.44 bits per heavy atom. The van der Waals surface area contributed by atoms with Gasteiger partial charge in [0.15, 0.2) is 0 Å². The third-order valence-electron chi connectivity index (χ3n) is 2.67. The topological polar surface area (TPSA) is 61.4 Å². The average Bonchev–Trinajstić information content (AvgIpc) is 2.17. The van der Waals surface area contributed by atoms with Gasteiger partial charge in [0.1, 0.15) is 0 Å². The number of piperidine rings is 1. The van der Waals surface area contributed by atoms with Crippen molar-refractivity contribution >= 4 is 5.91 Å². The summed E-state index contributed by atoms with van der Waals surface area (Å²) < 4.78 is 35.5. The minimum atomic E-state index is -4.85. The van der Waals surface area contributed by atoms with Gasteiger partial charge in [-0.3, -0.25) is 4.79 Å². The first-order valence-electron chi connectivity index (χ1n) is 5.12. The van der Waals surface area contributed by atoms with Crippen LogP contribution in [0.15, 0.2) is 0 Å². The van der Waals surface area contributed by atoms with E-state index in [2.05, 4.69) is 5.32 Å². The fourth-order valence-corrected chi connectivity index (χ4v) is 1.65. The van der Waals surface area contributed by atoms with Gasteiger partial charge in [-0.25, -0.2) is 0 Å². The van der Waals surface area contributed by atoms with E-state index < -0.39 is 17.7 Å². The monoisotopic (exact) mass is 240 g/mol. The molecule has 94 valence electrons. The lowest BCUT2D eigenvalue weighted by atomic mass is 9.89. The highest BCUT2D eigenvalue weighted by Crippen LogP contribution is 2.21. The molecule has 16 heavy (non-hydrogen) atoms. The predicted octanol–water partition coefficient (Wildman–Crippen LogP) is 0.169. The number of aliphatic hydroxyl groups is 1. The van der Waals surface area contributed by atoms with Gasteiger partial charge in [0.05, 0.1) is 5.60 Å². The first-order valence-corrected chi connectivity index (χ1v) is 5.12. The molecule has 0 unspecified atom stereocenters. The van der Waals surface area contributed by atoms with E-state index in [0.717, 1.165) is 0 Å². The average molecular weight is 240 g/mol. The van der Waals surface area contributed by atoms with Crippen LogP contribution >= 0.6 is 0 Å². The molecule has 0 aromatic heterocycles. The van der Waals surface area contributed by atoms with E-state index in [-0.39, 0.29) is 13.0 Å². The van der Waals surface area contributed by atoms with Crippen LogP contribution in [0.5, 0.6) is 0 Å². The van der Waals surface area contributed by atoms with Crippen molar-refractivity contribution in [1.29, 1.82) is 0 Å². The van der Waals surface area contributed by atoms with Gasteiger partial charge in [-0.15, -0.1) is 0 Å². The van der Waals surface area contributed by atoms with Crippen LogP contribution in [0.25, 0.3) is 0 Å². The van der Waals surface area contributed by atoms with Crippen LogP contribution in [0.3, 0.4) is 0 Å². The van der Waals surface area contributed by atoms with Crippen molar-refractivity contribution < 1.29 is 23.1 Å². The zero-order valence-corrected chi connectivity index (χ0v) is 8.73. The maximum Gasteiger partial charge on any atom is 0.471 e. The molecule has 0 aliphatic carbocycles. The maximum absolute atomic E-state index is 11.8. The van der Waals surface area contributed by atoms with E-state index >= 15 is 0 Å². The lowest BCUT2D eigenvalue weighted by molar-refractivity contribution is -0.173. The zero-order chi connectivity index (χ0) is 12.2. The Bertz CT molecular complexity index is 250. The summed E-state index contributed by atoms with van der Waals surface area (Å²) in [6, 6.07) is 0. The third kappa shape index (κ3) is 3.97. The fourth-order valence-electron chi connectivity index (χ4n) is 1.65. The number of hydrogen-bond donors (Lipinski definition) is 3. The number of amides is 1. The van der Waals surface area contributed by atoms with Gasteiger partial charge in [-0.2, -0.15) is 13.2 Å². The van der Waals surface area contributed by atoms with Gasteiger partial charge in [-0.05, 0) is 32.4 Å². The van der Waals surface area contributed by atoms with E-state index in [0.29, 0.717) is 25.9 Å². The molecular weight excluding hydrogens is 225 g/mol. The van der Waals surface area contributed by atoms with Crippen LogP contribution in [0, 0.1) is 0 Å². The van der Waals surface area contributed by atoms with Crippen LogP contribution < -0.4 is 10.6 Å². The molecule has 0 spiro atoms. The summed E-state index contributed by atoms with van der Waals surface area (Å²) in [5, 5.41) is 14.7. The molecule has 1 fully saturated rings.